The van der Waals surface area contributed by atoms with E-state index in [4.69, 9.17) is 4.74 Å². The Bertz CT molecular complexity index is 723. The lowest BCUT2D eigenvalue weighted by Gasteiger charge is -2.45. The van der Waals surface area contributed by atoms with Crippen LogP contribution in [0.25, 0.3) is 5.82 Å². The Kier molecular flexibility index (Phi) is 3.90. The number of carbonyl (C=O) groups excluding carboxylic acids is 1. The highest BCUT2D eigenvalue weighted by Gasteiger charge is 2.37. The molecule has 0 saturated carbocycles. The number of aryl methyl sites for hydroxylation is 1. The first kappa shape index (κ1) is 15.4. The molecule has 2 saturated heterocycles. The average Bonchev–Trinajstić information content (AvgIpc) is 3.23. The molecule has 128 valence electrons. The molecule has 2 aliphatic heterocycles. The quantitative estimate of drug-likeness (QED) is 0.816. The van der Waals surface area contributed by atoms with Crippen molar-refractivity contribution in [2.24, 2.45) is 7.05 Å². The number of hydrogen-bond donors (Lipinski definition) is 0. The molecule has 0 bridgehead atoms. The van der Waals surface area contributed by atoms with Gasteiger partial charge in [0.1, 0.15) is 11.4 Å². The molecule has 0 aliphatic carbocycles. The summed E-state index contributed by atoms with van der Waals surface area (Å²) in [6, 6.07) is 4.17. The van der Waals surface area contributed by atoms with Crippen LogP contribution in [0.3, 0.4) is 0 Å². The number of aromatic nitrogens is 3. The maximum atomic E-state index is 13.1. The Balaban J connectivity index is 1.59. The molecule has 0 spiro atoms. The van der Waals surface area contributed by atoms with E-state index >= 15 is 0 Å². The van der Waals surface area contributed by atoms with Gasteiger partial charge in [-0.3, -0.25) is 14.4 Å². The number of ether oxygens (including phenoxy) is 1. The van der Waals surface area contributed by atoms with Gasteiger partial charge in [0.05, 0.1) is 24.9 Å². The third kappa shape index (κ3) is 2.53. The molecule has 2 aromatic rings. The number of fused-ring (bicyclic) bond motifs is 1. The minimum atomic E-state index is 0.0456. The molecule has 2 atom stereocenters. The molecule has 24 heavy (non-hydrogen) atoms. The summed E-state index contributed by atoms with van der Waals surface area (Å²) in [7, 11) is 3.98. The fourth-order valence-corrected chi connectivity index (χ4v) is 3.76. The minimum Gasteiger partial charge on any atom is -0.375 e. The monoisotopic (exact) mass is 329 g/mol. The molecule has 4 heterocycles. The third-order valence-corrected chi connectivity index (χ3v) is 5.14. The van der Waals surface area contributed by atoms with Crippen molar-refractivity contribution in [2.45, 2.75) is 18.6 Å². The molecule has 0 unspecified atom stereocenters. The molecule has 2 aromatic heterocycles. The van der Waals surface area contributed by atoms with Gasteiger partial charge in [-0.2, -0.15) is 5.10 Å². The van der Waals surface area contributed by atoms with E-state index in [2.05, 4.69) is 17.0 Å². The van der Waals surface area contributed by atoms with Crippen LogP contribution in [0.5, 0.6) is 0 Å². The molecule has 0 aromatic carbocycles. The van der Waals surface area contributed by atoms with Gasteiger partial charge < -0.3 is 14.2 Å². The summed E-state index contributed by atoms with van der Waals surface area (Å²) in [6.07, 6.45) is 6.67. The number of hydrogen-bond acceptors (Lipinski definition) is 4. The predicted octanol–water partition coefficient (Wildman–Crippen LogP) is 0.756. The maximum Gasteiger partial charge on any atom is 0.259 e. The van der Waals surface area contributed by atoms with Crippen molar-refractivity contribution in [2.75, 3.05) is 33.3 Å². The number of amides is 1. The van der Waals surface area contributed by atoms with Gasteiger partial charge >= 0.3 is 0 Å². The van der Waals surface area contributed by atoms with Crippen molar-refractivity contribution >= 4 is 5.91 Å². The molecule has 7 nitrogen and oxygen atoms in total. The lowest BCUT2D eigenvalue weighted by Crippen LogP contribution is -2.59. The number of nitrogens with zero attached hydrogens (tertiary/aromatic N) is 5. The van der Waals surface area contributed by atoms with E-state index in [1.807, 2.05) is 41.0 Å². The molecule has 2 aliphatic rings. The van der Waals surface area contributed by atoms with E-state index < -0.39 is 0 Å². The molecule has 0 N–H and O–H groups in total. The summed E-state index contributed by atoms with van der Waals surface area (Å²) in [5, 5.41) is 4.30. The number of piperidine rings is 1. The molecular weight excluding hydrogens is 306 g/mol. The van der Waals surface area contributed by atoms with Crippen molar-refractivity contribution in [1.82, 2.24) is 24.1 Å². The van der Waals surface area contributed by atoms with Crippen molar-refractivity contribution in [3.8, 4) is 5.82 Å². The lowest BCUT2D eigenvalue weighted by atomic mass is 9.98. The van der Waals surface area contributed by atoms with Gasteiger partial charge in [-0.25, -0.2) is 0 Å². The number of likely N-dealkylation sites (tertiary alicyclic amines) is 1. The topological polar surface area (TPSA) is 55.5 Å². The first-order valence-corrected chi connectivity index (χ1v) is 8.41. The maximum absolute atomic E-state index is 13.1. The predicted molar refractivity (Wildman–Crippen MR) is 89.2 cm³/mol. The van der Waals surface area contributed by atoms with E-state index in [1.54, 1.807) is 10.9 Å². The number of morpholine rings is 1. The van der Waals surface area contributed by atoms with Crippen LogP contribution in [-0.4, -0.2) is 75.5 Å². The summed E-state index contributed by atoms with van der Waals surface area (Å²) in [5.74, 6) is 0.851. The van der Waals surface area contributed by atoms with Crippen molar-refractivity contribution < 1.29 is 9.53 Å². The zero-order valence-electron chi connectivity index (χ0n) is 14.1. The number of likely N-dealkylation sites (N-methyl/N-ethyl adjacent to an activating group) is 1. The van der Waals surface area contributed by atoms with Crippen LogP contribution in [0, 0.1) is 0 Å². The number of rotatable bonds is 2. The van der Waals surface area contributed by atoms with Crippen LogP contribution >= 0.6 is 0 Å². The lowest BCUT2D eigenvalue weighted by molar-refractivity contribution is -0.0893. The summed E-state index contributed by atoms with van der Waals surface area (Å²) in [4.78, 5) is 17.4. The zero-order valence-corrected chi connectivity index (χ0v) is 14.1. The van der Waals surface area contributed by atoms with Crippen LogP contribution < -0.4 is 0 Å². The van der Waals surface area contributed by atoms with Gasteiger partial charge in [-0.1, -0.05) is 0 Å². The fraction of sp³-hybridized carbons (Fsp3) is 0.529. The summed E-state index contributed by atoms with van der Waals surface area (Å²) in [5.41, 5.74) is 0.645. The van der Waals surface area contributed by atoms with Gasteiger partial charge in [0.2, 0.25) is 0 Å². The fourth-order valence-electron chi connectivity index (χ4n) is 3.76. The Morgan fingerprint density at radius 3 is 2.83 bits per heavy atom. The highest BCUT2D eigenvalue weighted by molar-refractivity contribution is 5.97. The van der Waals surface area contributed by atoms with E-state index in [0.29, 0.717) is 12.1 Å². The molecule has 7 heteroatoms. The Morgan fingerprint density at radius 2 is 2.04 bits per heavy atom. The molecule has 2 fully saturated rings. The van der Waals surface area contributed by atoms with E-state index in [9.17, 15) is 4.79 Å². The van der Waals surface area contributed by atoms with Crippen molar-refractivity contribution in [3.05, 3.63) is 36.3 Å². The van der Waals surface area contributed by atoms with E-state index in [-0.39, 0.29) is 18.1 Å². The van der Waals surface area contributed by atoms with Crippen LogP contribution in [-0.2, 0) is 11.8 Å². The van der Waals surface area contributed by atoms with Gasteiger partial charge in [-0.15, -0.1) is 0 Å². The normalized spacial score (nSPS) is 24.8. The second kappa shape index (κ2) is 6.07. The first-order chi connectivity index (χ1) is 11.6. The Morgan fingerprint density at radius 1 is 1.25 bits per heavy atom. The van der Waals surface area contributed by atoms with Crippen LogP contribution in [0.1, 0.15) is 16.8 Å². The standard InChI is InChI=1S/C17H23N5O2/c1-19-9-10-24-15-5-8-22(12-14(15)19)17(23)13-11-18-20(2)16(13)21-6-3-4-7-21/h3-4,6-7,11,14-15H,5,8-10,12H2,1-2H3/t14-,15+/m0/s1. The Hall–Kier alpha value is -2.12. The summed E-state index contributed by atoms with van der Waals surface area (Å²) in [6.45, 7) is 3.14. The zero-order chi connectivity index (χ0) is 16.7. The average molecular weight is 329 g/mol. The second-order valence-electron chi connectivity index (χ2n) is 6.59. The minimum absolute atomic E-state index is 0.0456. The Labute approximate surface area is 141 Å². The summed E-state index contributed by atoms with van der Waals surface area (Å²) >= 11 is 0. The molecule has 1 amide bonds. The van der Waals surface area contributed by atoms with Gasteiger partial charge in [0, 0.05) is 39.1 Å². The molecular formula is C17H23N5O2. The van der Waals surface area contributed by atoms with E-state index in [0.717, 1.165) is 31.9 Å². The highest BCUT2D eigenvalue weighted by atomic mass is 16.5. The highest BCUT2D eigenvalue weighted by Crippen LogP contribution is 2.24. The van der Waals surface area contributed by atoms with Crippen molar-refractivity contribution in [1.29, 1.82) is 0 Å². The molecule has 4 rings (SSSR count). The van der Waals surface area contributed by atoms with Gasteiger partial charge in [-0.05, 0) is 25.6 Å². The third-order valence-electron chi connectivity index (χ3n) is 5.14. The van der Waals surface area contributed by atoms with Crippen LogP contribution in [0.4, 0.5) is 0 Å². The second-order valence-corrected chi connectivity index (χ2v) is 6.59. The number of carbonyl (C=O) groups is 1. The SMILES string of the molecule is CN1CCO[C@@H]2CCN(C(=O)c3cnn(C)c3-n3cccc3)C[C@@H]21. The van der Waals surface area contributed by atoms with Crippen LogP contribution in [0.2, 0.25) is 0 Å². The van der Waals surface area contributed by atoms with E-state index in [1.165, 1.54) is 0 Å². The van der Waals surface area contributed by atoms with Gasteiger partial charge in [0.15, 0.2) is 0 Å². The largest absolute Gasteiger partial charge is 0.375 e. The smallest absolute Gasteiger partial charge is 0.259 e. The summed E-state index contributed by atoms with van der Waals surface area (Å²) < 4.78 is 9.55. The van der Waals surface area contributed by atoms with Crippen molar-refractivity contribution in [3.63, 3.8) is 0 Å². The first-order valence-electron chi connectivity index (χ1n) is 8.41. The van der Waals surface area contributed by atoms with Crippen LogP contribution in [0.15, 0.2) is 30.7 Å². The molecule has 0 radical (unpaired) electrons. The van der Waals surface area contributed by atoms with Gasteiger partial charge in [0.25, 0.3) is 5.91 Å².